The zero-order valence-electron chi connectivity index (χ0n) is 12.3. The third-order valence-electron chi connectivity index (χ3n) is 3.26. The van der Waals surface area contributed by atoms with Crippen LogP contribution in [0.2, 0.25) is 0 Å². The molecule has 5 nitrogen and oxygen atoms in total. The predicted molar refractivity (Wildman–Crippen MR) is 90.2 cm³/mol. The molecule has 116 valence electrons. The molecule has 1 fully saturated rings. The number of nitrogens with zero attached hydrogens (tertiary/aromatic N) is 2. The Kier molecular flexibility index (Phi) is 4.94. The van der Waals surface area contributed by atoms with Crippen LogP contribution in [0, 0.1) is 0 Å². The van der Waals surface area contributed by atoms with E-state index < -0.39 is 0 Å². The molecule has 2 aromatic rings. The fourth-order valence-electron chi connectivity index (χ4n) is 1.85. The Morgan fingerprint density at radius 2 is 2.14 bits per heavy atom. The summed E-state index contributed by atoms with van der Waals surface area (Å²) in [6, 6.07) is 10.5. The predicted octanol–water partition coefficient (Wildman–Crippen LogP) is 2.91. The molecule has 1 aliphatic rings. The van der Waals surface area contributed by atoms with Gasteiger partial charge in [0, 0.05) is 12.6 Å². The zero-order chi connectivity index (χ0) is 15.4. The molecule has 1 aliphatic carbocycles. The van der Waals surface area contributed by atoms with Crippen molar-refractivity contribution in [1.82, 2.24) is 15.5 Å². The van der Waals surface area contributed by atoms with Gasteiger partial charge in [-0.1, -0.05) is 53.4 Å². The van der Waals surface area contributed by atoms with Gasteiger partial charge in [-0.25, -0.2) is 0 Å². The van der Waals surface area contributed by atoms with E-state index >= 15 is 0 Å². The standard InChI is InChI=1S/C15H18N4OS2/c1-10(13(20)17-12-7-8-12)21-15-19-18-14(22-15)16-9-11-5-3-2-4-6-11/h2-6,10,12H,7-9H2,1H3,(H,16,18)(H,17,20)/t10-/m0/s1. The Morgan fingerprint density at radius 1 is 1.36 bits per heavy atom. The molecular weight excluding hydrogens is 316 g/mol. The summed E-state index contributed by atoms with van der Waals surface area (Å²) in [4.78, 5) is 11.9. The number of carbonyl (C=O) groups is 1. The first-order chi connectivity index (χ1) is 10.7. The van der Waals surface area contributed by atoms with Crippen LogP contribution in [-0.2, 0) is 11.3 Å². The van der Waals surface area contributed by atoms with Crippen molar-refractivity contribution in [2.75, 3.05) is 5.32 Å². The Labute approximate surface area is 137 Å². The third-order valence-corrected chi connectivity index (χ3v) is 5.33. The van der Waals surface area contributed by atoms with Gasteiger partial charge in [0.15, 0.2) is 4.34 Å². The van der Waals surface area contributed by atoms with E-state index in [2.05, 4.69) is 33.0 Å². The Morgan fingerprint density at radius 3 is 2.86 bits per heavy atom. The largest absolute Gasteiger partial charge is 0.356 e. The summed E-state index contributed by atoms with van der Waals surface area (Å²) in [7, 11) is 0. The highest BCUT2D eigenvalue weighted by molar-refractivity contribution is 8.02. The quantitative estimate of drug-likeness (QED) is 0.762. The summed E-state index contributed by atoms with van der Waals surface area (Å²) < 4.78 is 0.814. The maximum Gasteiger partial charge on any atom is 0.233 e. The zero-order valence-corrected chi connectivity index (χ0v) is 13.9. The van der Waals surface area contributed by atoms with E-state index in [4.69, 9.17) is 0 Å². The van der Waals surface area contributed by atoms with Crippen LogP contribution in [0.5, 0.6) is 0 Å². The SMILES string of the molecule is C[C@H](Sc1nnc(NCc2ccccc2)s1)C(=O)NC1CC1. The first-order valence-corrected chi connectivity index (χ1v) is 8.98. The lowest BCUT2D eigenvalue weighted by molar-refractivity contribution is -0.120. The van der Waals surface area contributed by atoms with Crippen LogP contribution in [0.3, 0.4) is 0 Å². The minimum atomic E-state index is -0.143. The van der Waals surface area contributed by atoms with Crippen molar-refractivity contribution in [3.05, 3.63) is 35.9 Å². The number of hydrogen-bond donors (Lipinski definition) is 2. The molecule has 0 radical (unpaired) electrons. The number of carbonyl (C=O) groups excluding carboxylic acids is 1. The lowest BCUT2D eigenvalue weighted by Crippen LogP contribution is -2.32. The molecule has 0 bridgehead atoms. The topological polar surface area (TPSA) is 66.9 Å². The summed E-state index contributed by atoms with van der Waals surface area (Å²) in [5.74, 6) is 0.0847. The number of thioether (sulfide) groups is 1. The molecule has 0 unspecified atom stereocenters. The highest BCUT2D eigenvalue weighted by atomic mass is 32.2. The molecule has 1 saturated carbocycles. The van der Waals surface area contributed by atoms with Gasteiger partial charge in [0.1, 0.15) is 0 Å². The number of rotatable bonds is 7. The maximum absolute atomic E-state index is 11.9. The maximum atomic E-state index is 11.9. The van der Waals surface area contributed by atoms with Crippen molar-refractivity contribution in [3.8, 4) is 0 Å². The van der Waals surface area contributed by atoms with Gasteiger partial charge in [0.05, 0.1) is 5.25 Å². The van der Waals surface area contributed by atoms with E-state index in [0.717, 1.165) is 28.9 Å². The Bertz CT molecular complexity index is 627. The molecule has 2 N–H and O–H groups in total. The monoisotopic (exact) mass is 334 g/mol. The first kappa shape index (κ1) is 15.3. The van der Waals surface area contributed by atoms with Crippen LogP contribution in [0.25, 0.3) is 0 Å². The van der Waals surface area contributed by atoms with Crippen LogP contribution in [0.15, 0.2) is 34.7 Å². The molecule has 1 aromatic heterocycles. The van der Waals surface area contributed by atoms with Gasteiger partial charge in [0.25, 0.3) is 0 Å². The lowest BCUT2D eigenvalue weighted by Gasteiger charge is -2.08. The molecule has 1 heterocycles. The van der Waals surface area contributed by atoms with Crippen molar-refractivity contribution in [2.45, 2.75) is 41.9 Å². The number of amides is 1. The number of aromatic nitrogens is 2. The van der Waals surface area contributed by atoms with Gasteiger partial charge < -0.3 is 10.6 Å². The molecule has 1 amide bonds. The van der Waals surface area contributed by atoms with E-state index in [0.29, 0.717) is 6.04 Å². The second kappa shape index (κ2) is 7.11. The van der Waals surface area contributed by atoms with Crippen LogP contribution >= 0.6 is 23.1 Å². The molecule has 0 saturated heterocycles. The van der Waals surface area contributed by atoms with Gasteiger partial charge in [-0.3, -0.25) is 4.79 Å². The van der Waals surface area contributed by atoms with E-state index in [-0.39, 0.29) is 11.2 Å². The Hall–Kier alpha value is -1.60. The number of anilines is 1. The summed E-state index contributed by atoms with van der Waals surface area (Å²) in [5.41, 5.74) is 1.20. The molecule has 1 atom stereocenters. The van der Waals surface area contributed by atoms with E-state index in [1.807, 2.05) is 25.1 Å². The fourth-order valence-corrected chi connectivity index (χ4v) is 3.75. The summed E-state index contributed by atoms with van der Waals surface area (Å²) in [6.45, 7) is 2.62. The normalized spacial score (nSPS) is 15.3. The van der Waals surface area contributed by atoms with Crippen molar-refractivity contribution >= 4 is 34.1 Å². The van der Waals surface area contributed by atoms with E-state index in [1.165, 1.54) is 28.7 Å². The number of nitrogens with one attached hydrogen (secondary N) is 2. The number of benzene rings is 1. The first-order valence-electron chi connectivity index (χ1n) is 7.29. The van der Waals surface area contributed by atoms with Crippen molar-refractivity contribution in [2.24, 2.45) is 0 Å². The highest BCUT2D eigenvalue weighted by Gasteiger charge is 2.26. The third kappa shape index (κ3) is 4.45. The van der Waals surface area contributed by atoms with Crippen molar-refractivity contribution in [1.29, 1.82) is 0 Å². The summed E-state index contributed by atoms with van der Waals surface area (Å²) in [6.07, 6.45) is 2.21. The molecule has 3 rings (SSSR count). The summed E-state index contributed by atoms with van der Waals surface area (Å²) >= 11 is 2.94. The minimum absolute atomic E-state index is 0.0847. The molecule has 1 aromatic carbocycles. The smallest absolute Gasteiger partial charge is 0.233 e. The van der Waals surface area contributed by atoms with Crippen LogP contribution < -0.4 is 10.6 Å². The van der Waals surface area contributed by atoms with Crippen LogP contribution in [0.4, 0.5) is 5.13 Å². The molecular formula is C15H18N4OS2. The van der Waals surface area contributed by atoms with Crippen molar-refractivity contribution in [3.63, 3.8) is 0 Å². The highest BCUT2D eigenvalue weighted by Crippen LogP contribution is 2.29. The lowest BCUT2D eigenvalue weighted by atomic mass is 10.2. The second-order valence-corrected chi connectivity index (χ2v) is 7.82. The van der Waals surface area contributed by atoms with Gasteiger partial charge >= 0.3 is 0 Å². The minimum Gasteiger partial charge on any atom is -0.356 e. The van der Waals surface area contributed by atoms with Gasteiger partial charge in [0.2, 0.25) is 11.0 Å². The van der Waals surface area contributed by atoms with E-state index in [9.17, 15) is 4.79 Å². The second-order valence-electron chi connectivity index (χ2n) is 5.26. The van der Waals surface area contributed by atoms with Gasteiger partial charge in [-0.2, -0.15) is 0 Å². The van der Waals surface area contributed by atoms with Crippen LogP contribution in [0.1, 0.15) is 25.3 Å². The Balaban J connectivity index is 1.49. The molecule has 22 heavy (non-hydrogen) atoms. The average molecular weight is 334 g/mol. The number of hydrogen-bond acceptors (Lipinski definition) is 6. The van der Waals surface area contributed by atoms with Gasteiger partial charge in [-0.15, -0.1) is 10.2 Å². The fraction of sp³-hybridized carbons (Fsp3) is 0.400. The van der Waals surface area contributed by atoms with Gasteiger partial charge in [-0.05, 0) is 25.3 Å². The summed E-state index contributed by atoms with van der Waals surface area (Å²) in [5, 5.41) is 15.2. The van der Waals surface area contributed by atoms with Crippen LogP contribution in [-0.4, -0.2) is 27.4 Å². The average Bonchev–Trinajstić information content (AvgIpc) is 3.23. The van der Waals surface area contributed by atoms with E-state index in [1.54, 1.807) is 0 Å². The molecule has 0 spiro atoms. The molecule has 7 heteroatoms. The molecule has 0 aliphatic heterocycles. The van der Waals surface area contributed by atoms with Crippen molar-refractivity contribution < 1.29 is 4.79 Å².